The fraction of sp³-hybridized carbons (Fsp3) is 0.500. The van der Waals surface area contributed by atoms with Crippen molar-refractivity contribution in [3.63, 3.8) is 0 Å². The average Bonchev–Trinajstić information content (AvgIpc) is 2.47. The lowest BCUT2D eigenvalue weighted by molar-refractivity contribution is -0.129. The van der Waals surface area contributed by atoms with Crippen molar-refractivity contribution in [3.05, 3.63) is 29.8 Å². The van der Waals surface area contributed by atoms with Gasteiger partial charge in [0.1, 0.15) is 6.04 Å². The van der Waals surface area contributed by atoms with Crippen LogP contribution in [-0.4, -0.2) is 38.4 Å². The van der Waals surface area contributed by atoms with E-state index in [0.717, 1.165) is 6.07 Å². The van der Waals surface area contributed by atoms with Gasteiger partial charge in [-0.2, -0.15) is 0 Å². The number of carbonyl (C=O) groups excluding carboxylic acids is 2. The normalized spacial score (nSPS) is 13.2. The number of halogens is 2. The van der Waals surface area contributed by atoms with Gasteiger partial charge in [-0.1, -0.05) is 0 Å². The average molecular weight is 391 g/mol. The Balaban J connectivity index is 2.52. The van der Waals surface area contributed by atoms with Crippen LogP contribution in [0.1, 0.15) is 34.1 Å². The van der Waals surface area contributed by atoms with E-state index >= 15 is 0 Å². The van der Waals surface area contributed by atoms with Crippen molar-refractivity contribution >= 4 is 21.8 Å². The summed E-state index contributed by atoms with van der Waals surface area (Å²) < 4.78 is 52.0. The molecule has 3 N–H and O–H groups in total. The van der Waals surface area contributed by atoms with Crippen LogP contribution in [-0.2, 0) is 19.6 Å². The van der Waals surface area contributed by atoms with Gasteiger partial charge in [0.15, 0.2) is 11.6 Å². The Labute approximate surface area is 151 Å². The number of benzene rings is 1. The minimum atomic E-state index is -4.08. The minimum Gasteiger partial charge on any atom is -0.350 e. The molecule has 10 heteroatoms. The maximum absolute atomic E-state index is 13.1. The van der Waals surface area contributed by atoms with Crippen LogP contribution in [0.25, 0.3) is 0 Å². The van der Waals surface area contributed by atoms with Crippen LogP contribution in [0.3, 0.4) is 0 Å². The molecule has 0 heterocycles. The molecule has 0 aliphatic heterocycles. The summed E-state index contributed by atoms with van der Waals surface area (Å²) in [7, 11) is -4.08. The van der Waals surface area contributed by atoms with Crippen LogP contribution >= 0.6 is 0 Å². The molecule has 0 aliphatic rings. The van der Waals surface area contributed by atoms with Crippen LogP contribution in [0.5, 0.6) is 0 Å². The van der Waals surface area contributed by atoms with Crippen molar-refractivity contribution in [2.75, 3.05) is 6.54 Å². The van der Waals surface area contributed by atoms with E-state index in [9.17, 15) is 26.8 Å². The zero-order valence-corrected chi connectivity index (χ0v) is 15.8. The quantitative estimate of drug-likeness (QED) is 0.646. The molecular weight excluding hydrogens is 368 g/mol. The highest BCUT2D eigenvalue weighted by Crippen LogP contribution is 2.13. The van der Waals surface area contributed by atoms with Crippen molar-refractivity contribution in [2.45, 2.75) is 50.6 Å². The van der Waals surface area contributed by atoms with Gasteiger partial charge in [-0.05, 0) is 45.9 Å². The predicted molar refractivity (Wildman–Crippen MR) is 91.7 cm³/mol. The van der Waals surface area contributed by atoms with Gasteiger partial charge in [0, 0.05) is 18.5 Å². The van der Waals surface area contributed by atoms with Gasteiger partial charge in [-0.3, -0.25) is 9.59 Å². The van der Waals surface area contributed by atoms with Gasteiger partial charge < -0.3 is 10.6 Å². The summed E-state index contributed by atoms with van der Waals surface area (Å²) in [4.78, 5) is 23.2. The first-order valence-electron chi connectivity index (χ1n) is 7.88. The number of amides is 2. The Morgan fingerprint density at radius 1 is 1.15 bits per heavy atom. The molecule has 0 saturated carbocycles. The van der Waals surface area contributed by atoms with E-state index in [1.807, 2.05) is 0 Å². The predicted octanol–water partition coefficient (Wildman–Crippen LogP) is 1.05. The molecule has 1 aromatic rings. The zero-order valence-electron chi connectivity index (χ0n) is 15.0. The van der Waals surface area contributed by atoms with E-state index in [2.05, 4.69) is 15.4 Å². The van der Waals surface area contributed by atoms with E-state index < -0.39 is 44.0 Å². The van der Waals surface area contributed by atoms with Crippen LogP contribution in [0.2, 0.25) is 0 Å². The van der Waals surface area contributed by atoms with E-state index in [4.69, 9.17) is 0 Å². The second-order valence-electron chi connectivity index (χ2n) is 6.75. The summed E-state index contributed by atoms with van der Waals surface area (Å²) in [5.74, 6) is -3.35. The summed E-state index contributed by atoms with van der Waals surface area (Å²) in [6.07, 6.45) is -0.226. The number of hydrogen-bond acceptors (Lipinski definition) is 4. The van der Waals surface area contributed by atoms with Crippen molar-refractivity contribution in [1.82, 2.24) is 15.4 Å². The van der Waals surface area contributed by atoms with Crippen LogP contribution in [0.15, 0.2) is 23.1 Å². The molecule has 26 heavy (non-hydrogen) atoms. The first-order chi connectivity index (χ1) is 11.8. The molecule has 1 aromatic carbocycles. The highest BCUT2D eigenvalue weighted by atomic mass is 32.2. The topological polar surface area (TPSA) is 104 Å². The SMILES string of the molecule is CC(NC(=O)CCNS(=O)(=O)c1ccc(F)c(F)c1)C(=O)NC(C)(C)C. The molecule has 1 atom stereocenters. The number of hydrogen-bond donors (Lipinski definition) is 3. The van der Waals surface area contributed by atoms with Gasteiger partial charge in [0.25, 0.3) is 0 Å². The molecule has 0 fully saturated rings. The highest BCUT2D eigenvalue weighted by molar-refractivity contribution is 7.89. The third-order valence-electron chi connectivity index (χ3n) is 3.11. The smallest absolute Gasteiger partial charge is 0.242 e. The molecule has 0 aromatic heterocycles. The highest BCUT2D eigenvalue weighted by Gasteiger charge is 2.21. The lowest BCUT2D eigenvalue weighted by Crippen LogP contribution is -2.51. The molecule has 146 valence electrons. The van der Waals surface area contributed by atoms with Gasteiger partial charge in [-0.15, -0.1) is 0 Å². The third-order valence-corrected chi connectivity index (χ3v) is 4.57. The minimum absolute atomic E-state index is 0.226. The maximum atomic E-state index is 13.1. The van der Waals surface area contributed by atoms with Crippen molar-refractivity contribution in [2.24, 2.45) is 0 Å². The summed E-state index contributed by atoms with van der Waals surface area (Å²) in [6, 6.07) is 1.38. The third kappa shape index (κ3) is 7.04. The molecule has 0 radical (unpaired) electrons. The summed E-state index contributed by atoms with van der Waals surface area (Å²) in [5.41, 5.74) is -0.448. The molecular formula is C16H23F2N3O4S. The lowest BCUT2D eigenvalue weighted by atomic mass is 10.1. The Hall–Kier alpha value is -2.07. The fourth-order valence-electron chi connectivity index (χ4n) is 1.88. The second-order valence-corrected chi connectivity index (χ2v) is 8.52. The molecule has 0 saturated heterocycles. The number of rotatable bonds is 7. The molecule has 0 aliphatic carbocycles. The van der Waals surface area contributed by atoms with E-state index in [1.165, 1.54) is 6.92 Å². The number of nitrogens with one attached hydrogen (secondary N) is 3. The molecule has 0 spiro atoms. The molecule has 0 bridgehead atoms. The Morgan fingerprint density at radius 2 is 1.77 bits per heavy atom. The van der Waals surface area contributed by atoms with Gasteiger partial charge in [0.2, 0.25) is 21.8 Å². The summed E-state index contributed by atoms with van der Waals surface area (Å²) in [5, 5.41) is 5.15. The summed E-state index contributed by atoms with van der Waals surface area (Å²) in [6.45, 7) is 6.64. The maximum Gasteiger partial charge on any atom is 0.242 e. The van der Waals surface area contributed by atoms with Gasteiger partial charge in [-0.25, -0.2) is 21.9 Å². The largest absolute Gasteiger partial charge is 0.350 e. The van der Waals surface area contributed by atoms with E-state index in [-0.39, 0.29) is 18.9 Å². The Kier molecular flexibility index (Phi) is 7.22. The Morgan fingerprint density at radius 3 is 2.31 bits per heavy atom. The van der Waals surface area contributed by atoms with E-state index in [0.29, 0.717) is 12.1 Å². The second kappa shape index (κ2) is 8.54. The standard InChI is InChI=1S/C16H23F2N3O4S/c1-10(15(23)21-16(2,3)4)20-14(22)7-8-19-26(24,25)11-5-6-12(17)13(18)9-11/h5-6,9-10,19H,7-8H2,1-4H3,(H,20,22)(H,21,23). The van der Waals surface area contributed by atoms with Gasteiger partial charge >= 0.3 is 0 Å². The van der Waals surface area contributed by atoms with Crippen LogP contribution in [0.4, 0.5) is 8.78 Å². The fourth-order valence-corrected chi connectivity index (χ4v) is 2.93. The number of sulfonamides is 1. The van der Waals surface area contributed by atoms with Crippen molar-refractivity contribution in [3.8, 4) is 0 Å². The van der Waals surface area contributed by atoms with E-state index in [1.54, 1.807) is 20.8 Å². The van der Waals surface area contributed by atoms with Crippen LogP contribution in [0, 0.1) is 11.6 Å². The molecule has 1 rings (SSSR count). The number of carbonyl (C=O) groups is 2. The summed E-state index contributed by atoms with van der Waals surface area (Å²) >= 11 is 0. The monoisotopic (exact) mass is 391 g/mol. The zero-order chi connectivity index (χ0) is 20.1. The molecule has 1 unspecified atom stereocenters. The molecule has 2 amide bonds. The van der Waals surface area contributed by atoms with Crippen molar-refractivity contribution in [1.29, 1.82) is 0 Å². The first kappa shape index (κ1) is 22.0. The van der Waals surface area contributed by atoms with Gasteiger partial charge in [0.05, 0.1) is 4.90 Å². The Bertz CT molecular complexity index is 776. The molecule has 7 nitrogen and oxygen atoms in total. The first-order valence-corrected chi connectivity index (χ1v) is 9.36. The van der Waals surface area contributed by atoms with Crippen molar-refractivity contribution < 1.29 is 26.8 Å². The van der Waals surface area contributed by atoms with Crippen LogP contribution < -0.4 is 15.4 Å². The lowest BCUT2D eigenvalue weighted by Gasteiger charge is -2.23.